The molecule has 46 heavy (non-hydrogen) atoms. The topological polar surface area (TPSA) is 359 Å². The number of carbonyl (C=O) groups excluding carboxylic acids is 3. The predicted molar refractivity (Wildman–Crippen MR) is 145 cm³/mol. The maximum absolute atomic E-state index is 12.1. The maximum atomic E-state index is 12.1. The van der Waals surface area contributed by atoms with Crippen LogP contribution < -0.4 is 30.8 Å². The first-order valence-electron chi connectivity index (χ1n) is 10.5. The monoisotopic (exact) mass is 905 g/mol. The molecular formula is C21H37F6N5O11OsS2. The minimum atomic E-state index is -6.09. The molecule has 0 aromatic heterocycles. The first-order valence-corrected chi connectivity index (χ1v) is 13.3. The number of hydrogen-bond donors (Lipinski definition) is 5. The Kier molecular flexibility index (Phi) is 30.3. The Morgan fingerprint density at radius 1 is 0.761 bits per heavy atom. The third-order valence-corrected chi connectivity index (χ3v) is 6.08. The summed E-state index contributed by atoms with van der Waals surface area (Å²) in [6.07, 6.45) is 5.02. The summed E-state index contributed by atoms with van der Waals surface area (Å²) < 4.78 is 127. The van der Waals surface area contributed by atoms with Crippen LogP contribution in [-0.2, 0) is 63.9 Å². The fourth-order valence-electron chi connectivity index (χ4n) is 3.16. The molecule has 0 bridgehead atoms. The largest absolute Gasteiger partial charge is 2.00 e. The van der Waals surface area contributed by atoms with Crippen LogP contribution in [0.25, 0.3) is 0 Å². The van der Waals surface area contributed by atoms with Crippen molar-refractivity contribution in [3.8, 4) is 0 Å². The number of rotatable bonds is 6. The Bertz CT molecular complexity index is 1260. The average molecular weight is 904 g/mol. The standard InChI is InChI=1S/C19H22O5.2CHF3O3S.5H3N.Os/c1-12(20)8-9-13-10-11-16(15-7-5-4-6-14(13)15)17(18(21)23-2)19(22)24-3;2*2-1(3,4)8(5,6)7;;;;;;/h4-7,10-11,13,16-17H,8-9H2,1-3H3;2*(H,5,6,7);5*1H3;/q;;;;;;;;+2/p-2/t13-,16+;;;;;;;;/m1......../s1. The van der Waals surface area contributed by atoms with E-state index in [9.17, 15) is 40.7 Å². The summed E-state index contributed by atoms with van der Waals surface area (Å²) in [5.74, 6) is -2.47. The molecule has 2 atom stereocenters. The first-order chi connectivity index (χ1) is 18.0. The molecule has 1 aromatic carbocycles. The van der Waals surface area contributed by atoms with Gasteiger partial charge in [0.05, 0.1) is 14.2 Å². The van der Waals surface area contributed by atoms with E-state index in [1.807, 2.05) is 36.4 Å². The molecule has 15 N–H and O–H groups in total. The normalized spacial score (nSPS) is 14.7. The van der Waals surface area contributed by atoms with Crippen LogP contribution in [0.3, 0.4) is 0 Å². The van der Waals surface area contributed by atoms with Crippen LogP contribution in [0.1, 0.15) is 42.7 Å². The number of halogens is 6. The number of fused-ring (bicyclic) bond motifs is 1. The Labute approximate surface area is 274 Å². The van der Waals surface area contributed by atoms with Crippen molar-refractivity contribution in [2.24, 2.45) is 5.92 Å². The van der Waals surface area contributed by atoms with Crippen molar-refractivity contribution in [3.05, 3.63) is 47.5 Å². The van der Waals surface area contributed by atoms with E-state index in [4.69, 9.17) is 35.4 Å². The molecule has 16 nitrogen and oxygen atoms in total. The molecule has 1 aliphatic carbocycles. The molecule has 0 fully saturated rings. The van der Waals surface area contributed by atoms with Gasteiger partial charge in [0.25, 0.3) is 0 Å². The zero-order valence-electron chi connectivity index (χ0n) is 24.6. The summed E-state index contributed by atoms with van der Waals surface area (Å²) in [7, 11) is -9.67. The summed E-state index contributed by atoms with van der Waals surface area (Å²) >= 11 is 0. The van der Waals surface area contributed by atoms with Crippen molar-refractivity contribution in [2.75, 3.05) is 14.2 Å². The number of esters is 2. The second kappa shape index (κ2) is 23.7. The van der Waals surface area contributed by atoms with E-state index in [1.165, 1.54) is 14.2 Å². The molecule has 0 spiro atoms. The number of allylic oxidation sites excluding steroid dienone is 2. The van der Waals surface area contributed by atoms with E-state index in [0.717, 1.165) is 11.1 Å². The van der Waals surface area contributed by atoms with Gasteiger partial charge in [0.1, 0.15) is 5.78 Å². The molecule has 1 aliphatic rings. The Morgan fingerprint density at radius 3 is 1.37 bits per heavy atom. The SMILES string of the molecule is COC(=O)C(C(=O)OC)[C@H]1C=C[C@@H](CCC(C)=O)c2ccccc21.N.N.N.N.N.O=S(=O)([O-])C(F)(F)F.O=S(=O)([O-])C(F)(F)F.[Os+2]. The van der Waals surface area contributed by atoms with Crippen molar-refractivity contribution < 1.29 is 95.9 Å². The van der Waals surface area contributed by atoms with E-state index >= 15 is 0 Å². The summed E-state index contributed by atoms with van der Waals surface area (Å²) in [5, 5.41) is 0. The van der Waals surface area contributed by atoms with Crippen LogP contribution in [0.15, 0.2) is 36.4 Å². The smallest absolute Gasteiger partial charge is 0.741 e. The summed E-state index contributed by atoms with van der Waals surface area (Å²) in [6.45, 7) is 1.58. The third kappa shape index (κ3) is 18.5. The van der Waals surface area contributed by atoms with Crippen molar-refractivity contribution in [2.45, 2.75) is 42.6 Å². The van der Waals surface area contributed by atoms with Crippen LogP contribution in [0.5, 0.6) is 0 Å². The Hall–Kier alpha value is -2.59. The summed E-state index contributed by atoms with van der Waals surface area (Å²) in [5.41, 5.74) is -9.36. The Morgan fingerprint density at radius 2 is 1.09 bits per heavy atom. The van der Waals surface area contributed by atoms with Crippen LogP contribution in [0.4, 0.5) is 26.3 Å². The van der Waals surface area contributed by atoms with Crippen molar-refractivity contribution in [1.82, 2.24) is 30.8 Å². The zero-order chi connectivity index (χ0) is 31.7. The van der Waals surface area contributed by atoms with Crippen molar-refractivity contribution in [3.63, 3.8) is 0 Å². The molecule has 0 radical (unpaired) electrons. The average Bonchev–Trinajstić information content (AvgIpc) is 2.81. The molecule has 0 saturated carbocycles. The number of Topliss-reactive ketones (excluding diaryl/α,β-unsaturated/α-hetero) is 1. The number of carbonyl (C=O) groups is 3. The molecule has 0 aliphatic heterocycles. The Balaban J connectivity index is -0.000000117. The number of alkyl halides is 6. The van der Waals surface area contributed by atoms with Crippen molar-refractivity contribution in [1.29, 1.82) is 0 Å². The van der Waals surface area contributed by atoms with Crippen LogP contribution in [0.2, 0.25) is 0 Å². The molecule has 0 saturated heterocycles. The first kappa shape index (κ1) is 58.9. The number of ketones is 1. The van der Waals surface area contributed by atoms with E-state index in [-0.39, 0.29) is 62.2 Å². The van der Waals surface area contributed by atoms with Gasteiger partial charge >= 0.3 is 42.7 Å². The molecule has 1 aromatic rings. The van der Waals surface area contributed by atoms with Crippen LogP contribution in [-0.4, -0.2) is 68.9 Å². The van der Waals surface area contributed by atoms with E-state index in [2.05, 4.69) is 0 Å². The van der Waals surface area contributed by atoms with Crippen LogP contribution in [0, 0.1) is 5.92 Å². The van der Waals surface area contributed by atoms with Gasteiger partial charge in [-0.05, 0) is 24.5 Å². The molecule has 2 rings (SSSR count). The van der Waals surface area contributed by atoms with Gasteiger partial charge in [-0.15, -0.1) is 0 Å². The maximum Gasteiger partial charge on any atom is 2.00 e. The van der Waals surface area contributed by atoms with Gasteiger partial charge in [0.2, 0.25) is 0 Å². The van der Waals surface area contributed by atoms with E-state index in [0.29, 0.717) is 12.8 Å². The molecule has 0 unspecified atom stereocenters. The van der Waals surface area contributed by atoms with Gasteiger partial charge < -0.3 is 54.1 Å². The van der Waals surface area contributed by atoms with Crippen molar-refractivity contribution >= 4 is 38.0 Å². The predicted octanol–water partition coefficient (Wildman–Crippen LogP) is 3.67. The van der Waals surface area contributed by atoms with E-state index < -0.39 is 55.0 Å². The minimum Gasteiger partial charge on any atom is -0.741 e. The quantitative estimate of drug-likeness (QED) is 0.0679. The van der Waals surface area contributed by atoms with Gasteiger partial charge in [-0.2, -0.15) is 26.3 Å². The minimum absolute atomic E-state index is 0. The number of hydrogen-bond acceptors (Lipinski definition) is 16. The molecule has 0 amide bonds. The fourth-order valence-corrected chi connectivity index (χ4v) is 3.16. The second-order valence-corrected chi connectivity index (χ2v) is 10.5. The molecule has 0 heterocycles. The van der Waals surface area contributed by atoms with Gasteiger partial charge in [0, 0.05) is 18.3 Å². The van der Waals surface area contributed by atoms with Gasteiger partial charge in [0.15, 0.2) is 26.2 Å². The summed E-state index contributed by atoms with van der Waals surface area (Å²) in [4.78, 5) is 35.5. The number of ether oxygens (including phenoxy) is 2. The fraction of sp³-hybridized carbons (Fsp3) is 0.476. The summed E-state index contributed by atoms with van der Waals surface area (Å²) in [6, 6.07) is 7.67. The van der Waals surface area contributed by atoms with E-state index in [1.54, 1.807) is 6.92 Å². The van der Waals surface area contributed by atoms with Gasteiger partial charge in [-0.1, -0.05) is 36.4 Å². The van der Waals surface area contributed by atoms with Crippen LogP contribution >= 0.6 is 0 Å². The number of benzene rings is 1. The molecule has 274 valence electrons. The second-order valence-electron chi connectivity index (χ2n) is 7.71. The molecular weight excluding hydrogens is 867 g/mol. The zero-order valence-corrected chi connectivity index (χ0v) is 28.7. The van der Waals surface area contributed by atoms with Gasteiger partial charge in [-0.25, -0.2) is 16.8 Å². The number of methoxy groups -OCH3 is 2. The van der Waals surface area contributed by atoms with Gasteiger partial charge in [-0.3, -0.25) is 9.59 Å². The molecule has 25 heteroatoms. The third-order valence-electron chi connectivity index (χ3n) is 4.95.